The number of nitrogens with two attached hydrogens (primary N) is 2. The summed E-state index contributed by atoms with van der Waals surface area (Å²) >= 11 is 0. The number of hydrogen-bond donors (Lipinski definition) is 3. The van der Waals surface area contributed by atoms with Gasteiger partial charge in [-0.15, -0.1) is 0 Å². The summed E-state index contributed by atoms with van der Waals surface area (Å²) in [6, 6.07) is 11.5. The van der Waals surface area contributed by atoms with Crippen LogP contribution in [-0.2, 0) is 6.42 Å². The first kappa shape index (κ1) is 15.0. The maximum atomic E-state index is 13.7. The third-order valence-corrected chi connectivity index (χ3v) is 3.26. The molecule has 2 aromatic carbocycles. The Kier molecular flexibility index (Phi) is 4.53. The minimum Gasteiger partial charge on any atom is -0.398 e. The van der Waals surface area contributed by atoms with Crippen LogP contribution in [0.25, 0.3) is 11.1 Å². The topological polar surface area (TPSA) is 96.1 Å². The molecule has 0 radical (unpaired) electrons. The van der Waals surface area contributed by atoms with Crippen LogP contribution < -0.4 is 11.5 Å². The van der Waals surface area contributed by atoms with Crippen LogP contribution in [0, 0.1) is 17.1 Å². The van der Waals surface area contributed by atoms with Gasteiger partial charge in [-0.3, -0.25) is 0 Å². The lowest BCUT2D eigenvalue weighted by molar-refractivity contribution is 0.183. The molecule has 5 heteroatoms. The largest absolute Gasteiger partial charge is 0.398 e. The third kappa shape index (κ3) is 3.37. The van der Waals surface area contributed by atoms with Gasteiger partial charge in [0.25, 0.3) is 0 Å². The molecule has 0 spiro atoms. The first-order valence-electron chi connectivity index (χ1n) is 6.51. The van der Waals surface area contributed by atoms with E-state index in [1.165, 1.54) is 12.1 Å². The summed E-state index contributed by atoms with van der Waals surface area (Å²) in [5.74, 6) is -0.582. The van der Waals surface area contributed by atoms with Gasteiger partial charge < -0.3 is 16.6 Å². The number of aliphatic hydroxyl groups excluding tert-OH is 1. The summed E-state index contributed by atoms with van der Waals surface area (Å²) < 4.78 is 13.7. The summed E-state index contributed by atoms with van der Waals surface area (Å²) in [5.41, 5.74) is 13.9. The van der Waals surface area contributed by atoms with Crippen molar-refractivity contribution in [3.05, 3.63) is 53.3 Å². The van der Waals surface area contributed by atoms with E-state index in [4.69, 9.17) is 16.7 Å². The molecular weight excluding hydrogens is 269 g/mol. The standard InChI is InChI=1S/C16H16FN3O/c17-15-7-11(2-3-12(15)8-18)14-6-10(1-4-16(14)20)5-13(21)9-19/h1-4,6-7,13,21H,5,9,19-20H2. The maximum absolute atomic E-state index is 13.7. The molecule has 0 fully saturated rings. The van der Waals surface area contributed by atoms with Crippen molar-refractivity contribution in [1.82, 2.24) is 0 Å². The first-order chi connectivity index (χ1) is 10.0. The van der Waals surface area contributed by atoms with E-state index in [0.717, 1.165) is 5.56 Å². The van der Waals surface area contributed by atoms with E-state index in [0.29, 0.717) is 23.2 Å². The normalized spacial score (nSPS) is 11.9. The molecule has 0 aromatic heterocycles. The van der Waals surface area contributed by atoms with Crippen molar-refractivity contribution < 1.29 is 9.50 Å². The minimum atomic E-state index is -0.626. The summed E-state index contributed by atoms with van der Waals surface area (Å²) in [4.78, 5) is 0. The van der Waals surface area contributed by atoms with Gasteiger partial charge in [0.1, 0.15) is 11.9 Å². The number of benzene rings is 2. The molecule has 21 heavy (non-hydrogen) atoms. The average Bonchev–Trinajstić information content (AvgIpc) is 2.49. The van der Waals surface area contributed by atoms with Gasteiger partial charge in [-0.1, -0.05) is 12.1 Å². The van der Waals surface area contributed by atoms with Crippen LogP contribution in [0.5, 0.6) is 0 Å². The number of nitriles is 1. The zero-order chi connectivity index (χ0) is 15.4. The van der Waals surface area contributed by atoms with Crippen LogP contribution in [-0.4, -0.2) is 17.8 Å². The Balaban J connectivity index is 2.41. The molecule has 2 aromatic rings. The molecule has 2 rings (SSSR count). The number of rotatable bonds is 4. The van der Waals surface area contributed by atoms with Gasteiger partial charge >= 0.3 is 0 Å². The molecule has 4 nitrogen and oxygen atoms in total. The predicted molar refractivity (Wildman–Crippen MR) is 79.7 cm³/mol. The molecule has 0 amide bonds. The minimum absolute atomic E-state index is 0.00738. The lowest BCUT2D eigenvalue weighted by atomic mass is 9.97. The van der Waals surface area contributed by atoms with Gasteiger partial charge in [0.2, 0.25) is 0 Å². The lowest BCUT2D eigenvalue weighted by Crippen LogP contribution is -2.21. The Labute approximate surface area is 122 Å². The second-order valence-corrected chi connectivity index (χ2v) is 4.82. The molecule has 0 bridgehead atoms. The number of hydrogen-bond acceptors (Lipinski definition) is 4. The number of halogens is 1. The first-order valence-corrected chi connectivity index (χ1v) is 6.51. The van der Waals surface area contributed by atoms with Gasteiger partial charge in [-0.2, -0.15) is 5.26 Å². The molecule has 0 aliphatic heterocycles. The highest BCUT2D eigenvalue weighted by Crippen LogP contribution is 2.28. The maximum Gasteiger partial charge on any atom is 0.141 e. The quantitative estimate of drug-likeness (QED) is 0.746. The fourth-order valence-corrected chi connectivity index (χ4v) is 2.11. The SMILES string of the molecule is N#Cc1ccc(-c2cc(CC(O)CN)ccc2N)cc1F. The summed E-state index contributed by atoms with van der Waals surface area (Å²) in [6.07, 6.45) is -0.220. The molecule has 1 atom stereocenters. The van der Waals surface area contributed by atoms with E-state index in [2.05, 4.69) is 0 Å². The number of nitrogens with zero attached hydrogens (tertiary/aromatic N) is 1. The van der Waals surface area contributed by atoms with Crippen LogP contribution in [0.15, 0.2) is 36.4 Å². The smallest absolute Gasteiger partial charge is 0.141 e. The zero-order valence-corrected chi connectivity index (χ0v) is 11.4. The van der Waals surface area contributed by atoms with Gasteiger partial charge in [0, 0.05) is 17.8 Å². The van der Waals surface area contributed by atoms with E-state index < -0.39 is 11.9 Å². The number of anilines is 1. The van der Waals surface area contributed by atoms with Crippen LogP contribution >= 0.6 is 0 Å². The molecule has 0 saturated heterocycles. The Morgan fingerprint density at radius 2 is 2.00 bits per heavy atom. The van der Waals surface area contributed by atoms with Crippen molar-refractivity contribution >= 4 is 5.69 Å². The van der Waals surface area contributed by atoms with E-state index in [1.54, 1.807) is 30.3 Å². The van der Waals surface area contributed by atoms with Crippen molar-refractivity contribution in [2.45, 2.75) is 12.5 Å². The fourth-order valence-electron chi connectivity index (χ4n) is 2.11. The molecular formula is C16H16FN3O. The summed E-state index contributed by atoms with van der Waals surface area (Å²) in [7, 11) is 0. The van der Waals surface area contributed by atoms with Crippen molar-refractivity contribution in [3.8, 4) is 17.2 Å². The molecule has 0 saturated carbocycles. The second kappa shape index (κ2) is 6.35. The number of aliphatic hydroxyl groups is 1. The highest BCUT2D eigenvalue weighted by atomic mass is 19.1. The Morgan fingerprint density at radius 3 is 2.62 bits per heavy atom. The summed E-state index contributed by atoms with van der Waals surface area (Å²) in [5, 5.41) is 18.4. The van der Waals surface area contributed by atoms with Crippen LogP contribution in [0.3, 0.4) is 0 Å². The van der Waals surface area contributed by atoms with Gasteiger partial charge in [0.05, 0.1) is 11.7 Å². The van der Waals surface area contributed by atoms with Crippen LogP contribution in [0.4, 0.5) is 10.1 Å². The number of nitrogen functional groups attached to an aromatic ring is 1. The fraction of sp³-hybridized carbons (Fsp3) is 0.188. The Bertz CT molecular complexity index is 694. The molecule has 0 aliphatic rings. The highest BCUT2D eigenvalue weighted by Gasteiger charge is 2.10. The van der Waals surface area contributed by atoms with Gasteiger partial charge in [-0.25, -0.2) is 4.39 Å². The van der Waals surface area contributed by atoms with Crippen LogP contribution in [0.2, 0.25) is 0 Å². The summed E-state index contributed by atoms with van der Waals surface area (Å²) in [6.45, 7) is 0.172. The molecule has 0 heterocycles. The van der Waals surface area contributed by atoms with Crippen molar-refractivity contribution in [3.63, 3.8) is 0 Å². The Morgan fingerprint density at radius 1 is 1.24 bits per heavy atom. The van der Waals surface area contributed by atoms with Gasteiger partial charge in [-0.05, 0) is 41.8 Å². The molecule has 0 aliphatic carbocycles. The van der Waals surface area contributed by atoms with E-state index in [-0.39, 0.29) is 12.1 Å². The Hall–Kier alpha value is -2.42. The lowest BCUT2D eigenvalue weighted by Gasteiger charge is -2.12. The van der Waals surface area contributed by atoms with Crippen molar-refractivity contribution in [1.29, 1.82) is 5.26 Å². The average molecular weight is 285 g/mol. The van der Waals surface area contributed by atoms with E-state index >= 15 is 0 Å². The molecule has 1 unspecified atom stereocenters. The van der Waals surface area contributed by atoms with E-state index in [1.807, 2.05) is 0 Å². The van der Waals surface area contributed by atoms with Gasteiger partial charge in [0.15, 0.2) is 0 Å². The third-order valence-electron chi connectivity index (χ3n) is 3.26. The highest BCUT2D eigenvalue weighted by molar-refractivity contribution is 5.77. The molecule has 108 valence electrons. The van der Waals surface area contributed by atoms with Crippen molar-refractivity contribution in [2.24, 2.45) is 5.73 Å². The van der Waals surface area contributed by atoms with Crippen molar-refractivity contribution in [2.75, 3.05) is 12.3 Å². The predicted octanol–water partition coefficient (Wildman–Crippen LogP) is 1.81. The monoisotopic (exact) mass is 285 g/mol. The van der Waals surface area contributed by atoms with Crippen LogP contribution in [0.1, 0.15) is 11.1 Å². The second-order valence-electron chi connectivity index (χ2n) is 4.82. The molecule has 5 N–H and O–H groups in total. The zero-order valence-electron chi connectivity index (χ0n) is 11.4. The van der Waals surface area contributed by atoms with E-state index in [9.17, 15) is 9.50 Å².